The number of halogens is 1. The molecule has 39 heavy (non-hydrogen) atoms. The van der Waals surface area contributed by atoms with Crippen molar-refractivity contribution in [3.05, 3.63) is 88.5 Å². The molecule has 1 saturated heterocycles. The van der Waals surface area contributed by atoms with Crippen molar-refractivity contribution in [2.45, 2.75) is 43.7 Å². The molecule has 200 valence electrons. The molecule has 2 saturated carbocycles. The van der Waals surface area contributed by atoms with Crippen molar-refractivity contribution in [1.29, 1.82) is 0 Å². The fourth-order valence-electron chi connectivity index (χ4n) is 5.54. The number of carbonyl (C=O) groups is 1. The van der Waals surface area contributed by atoms with Gasteiger partial charge >= 0.3 is 0 Å². The zero-order valence-corrected chi connectivity index (χ0v) is 22.2. The number of fused-ring (bicyclic) bond motifs is 1. The van der Waals surface area contributed by atoms with Crippen LogP contribution >= 0.6 is 11.6 Å². The first-order valence-electron chi connectivity index (χ1n) is 13.7. The van der Waals surface area contributed by atoms with Crippen molar-refractivity contribution >= 4 is 34.7 Å². The Bertz CT molecular complexity index is 1550. The van der Waals surface area contributed by atoms with Gasteiger partial charge in [0.25, 0.3) is 0 Å². The quantitative estimate of drug-likeness (QED) is 0.241. The monoisotopic (exact) mass is 542 g/mol. The molecule has 2 aliphatic carbocycles. The summed E-state index contributed by atoms with van der Waals surface area (Å²) in [4.78, 5) is 22.1. The molecule has 0 radical (unpaired) electrons. The van der Waals surface area contributed by atoms with Gasteiger partial charge < -0.3 is 25.5 Å². The second kappa shape index (κ2) is 9.93. The number of hydrogen-bond donors (Lipinski definition) is 4. The van der Waals surface area contributed by atoms with E-state index in [0.29, 0.717) is 23.3 Å². The first-order valence-corrected chi connectivity index (χ1v) is 14.1. The summed E-state index contributed by atoms with van der Waals surface area (Å²) in [7, 11) is 0. The van der Waals surface area contributed by atoms with Crippen LogP contribution in [0, 0.1) is 11.8 Å². The maximum absolute atomic E-state index is 12.8. The molecule has 4 aromatic rings. The smallest absolute Gasteiger partial charge is 0.229 e. The standard InChI is InChI=1S/C30H31ClN6O2/c31-21-3-1-2-18(8-21)24-11-25(24)30(39)36-27-10-22(6-7-33-27)34-14-23-16-37-15-19(17-4-5-17)9-26(29(37)35-23)28(38)20-12-32-13-20/h1-3,6-10,15-17,20,24-25,28,32,38H,4-5,11-14H2,(H2,33,34,36,39)/t24-,25+,28?/m1/s1. The van der Waals surface area contributed by atoms with Crippen LogP contribution in [0.5, 0.6) is 0 Å². The number of aliphatic hydroxyl groups excluding tert-OH is 1. The van der Waals surface area contributed by atoms with Gasteiger partial charge in [0.1, 0.15) is 11.5 Å². The van der Waals surface area contributed by atoms with Crippen LogP contribution in [0.1, 0.15) is 59.6 Å². The summed E-state index contributed by atoms with van der Waals surface area (Å²) in [5.74, 6) is 1.44. The topological polar surface area (TPSA) is 104 Å². The van der Waals surface area contributed by atoms with E-state index in [0.717, 1.165) is 47.7 Å². The number of aromatic nitrogens is 3. The van der Waals surface area contributed by atoms with Gasteiger partial charge in [0.05, 0.1) is 18.3 Å². The molecule has 1 unspecified atom stereocenters. The van der Waals surface area contributed by atoms with E-state index in [1.165, 1.54) is 18.4 Å². The summed E-state index contributed by atoms with van der Waals surface area (Å²) >= 11 is 6.12. The van der Waals surface area contributed by atoms with E-state index in [1.54, 1.807) is 6.20 Å². The van der Waals surface area contributed by atoms with E-state index in [-0.39, 0.29) is 23.7 Å². The number of benzene rings is 1. The Hall–Kier alpha value is -3.46. The number of aliphatic hydroxyl groups is 1. The molecule has 3 aromatic heterocycles. The zero-order valence-electron chi connectivity index (χ0n) is 21.5. The fraction of sp³-hybridized carbons (Fsp3) is 0.367. The van der Waals surface area contributed by atoms with Gasteiger partial charge in [0.15, 0.2) is 0 Å². The van der Waals surface area contributed by atoms with Crippen LogP contribution in [0.2, 0.25) is 5.02 Å². The highest BCUT2D eigenvalue weighted by atomic mass is 35.5. The number of nitrogens with one attached hydrogen (secondary N) is 3. The van der Waals surface area contributed by atoms with Crippen LogP contribution < -0.4 is 16.0 Å². The number of pyridine rings is 2. The zero-order chi connectivity index (χ0) is 26.5. The summed E-state index contributed by atoms with van der Waals surface area (Å²) in [6, 6.07) is 13.6. The molecule has 3 aliphatic rings. The lowest BCUT2D eigenvalue weighted by Crippen LogP contribution is -2.45. The Kier molecular flexibility index (Phi) is 6.26. The Labute approximate surface area is 231 Å². The number of rotatable bonds is 9. The lowest BCUT2D eigenvalue weighted by molar-refractivity contribution is -0.117. The number of imidazole rings is 1. The Morgan fingerprint density at radius 1 is 1.15 bits per heavy atom. The summed E-state index contributed by atoms with van der Waals surface area (Å²) < 4.78 is 2.07. The van der Waals surface area contributed by atoms with Crippen molar-refractivity contribution in [2.24, 2.45) is 11.8 Å². The highest BCUT2D eigenvalue weighted by Gasteiger charge is 2.44. The predicted octanol–water partition coefficient (Wildman–Crippen LogP) is 4.87. The number of hydrogen-bond acceptors (Lipinski definition) is 6. The van der Waals surface area contributed by atoms with Crippen LogP contribution in [0.3, 0.4) is 0 Å². The molecule has 9 heteroatoms. The third kappa shape index (κ3) is 5.12. The first kappa shape index (κ1) is 24.6. The van der Waals surface area contributed by atoms with Crippen molar-refractivity contribution in [3.63, 3.8) is 0 Å². The lowest BCUT2D eigenvalue weighted by atomic mass is 9.90. The molecule has 7 rings (SSSR count). The lowest BCUT2D eigenvalue weighted by Gasteiger charge is -2.32. The normalized spacial score (nSPS) is 21.4. The summed E-state index contributed by atoms with van der Waals surface area (Å²) in [5, 5.41) is 21.4. The summed E-state index contributed by atoms with van der Waals surface area (Å²) in [6.07, 6.45) is 8.59. The Morgan fingerprint density at radius 3 is 2.79 bits per heavy atom. The van der Waals surface area contributed by atoms with Gasteiger partial charge in [-0.05, 0) is 66.5 Å². The Morgan fingerprint density at radius 2 is 2.03 bits per heavy atom. The molecule has 1 aromatic carbocycles. The predicted molar refractivity (Wildman–Crippen MR) is 151 cm³/mol. The molecule has 4 N–H and O–H groups in total. The number of amides is 1. The average Bonchev–Trinajstić information content (AvgIpc) is 3.82. The molecular weight excluding hydrogens is 512 g/mol. The minimum absolute atomic E-state index is 0.0239. The van der Waals surface area contributed by atoms with E-state index < -0.39 is 6.10 Å². The van der Waals surface area contributed by atoms with Crippen LogP contribution in [0.4, 0.5) is 11.5 Å². The molecule has 1 amide bonds. The second-order valence-corrected chi connectivity index (χ2v) is 11.5. The van der Waals surface area contributed by atoms with E-state index >= 15 is 0 Å². The Balaban J connectivity index is 1.03. The van der Waals surface area contributed by atoms with E-state index in [1.807, 2.05) is 42.6 Å². The van der Waals surface area contributed by atoms with Gasteiger partial charge in [-0.25, -0.2) is 9.97 Å². The number of nitrogens with zero attached hydrogens (tertiary/aromatic N) is 3. The number of anilines is 2. The molecule has 0 bridgehead atoms. The summed E-state index contributed by atoms with van der Waals surface area (Å²) in [5.41, 5.74) is 5.84. The highest BCUT2D eigenvalue weighted by molar-refractivity contribution is 6.30. The third-order valence-electron chi connectivity index (χ3n) is 8.17. The van der Waals surface area contributed by atoms with Crippen molar-refractivity contribution in [2.75, 3.05) is 23.7 Å². The molecular formula is C30H31ClN6O2. The second-order valence-electron chi connectivity index (χ2n) is 11.1. The minimum atomic E-state index is -0.521. The average molecular weight is 543 g/mol. The highest BCUT2D eigenvalue weighted by Crippen LogP contribution is 2.48. The molecule has 4 heterocycles. The van der Waals surface area contributed by atoms with Crippen LogP contribution in [0.15, 0.2) is 61.1 Å². The maximum atomic E-state index is 12.8. The molecule has 8 nitrogen and oxygen atoms in total. The molecule has 0 spiro atoms. The van der Waals surface area contributed by atoms with Gasteiger partial charge in [-0.1, -0.05) is 23.7 Å². The van der Waals surface area contributed by atoms with Crippen LogP contribution in [-0.4, -0.2) is 38.5 Å². The van der Waals surface area contributed by atoms with E-state index in [4.69, 9.17) is 16.6 Å². The van der Waals surface area contributed by atoms with Crippen molar-refractivity contribution < 1.29 is 9.90 Å². The third-order valence-corrected chi connectivity index (χ3v) is 8.40. The fourth-order valence-corrected chi connectivity index (χ4v) is 5.74. The van der Waals surface area contributed by atoms with Crippen LogP contribution in [0.25, 0.3) is 5.65 Å². The van der Waals surface area contributed by atoms with Gasteiger partial charge in [-0.2, -0.15) is 0 Å². The van der Waals surface area contributed by atoms with Gasteiger partial charge in [0.2, 0.25) is 5.91 Å². The van der Waals surface area contributed by atoms with Gasteiger partial charge in [-0.3, -0.25) is 4.79 Å². The van der Waals surface area contributed by atoms with Crippen LogP contribution in [-0.2, 0) is 11.3 Å². The molecule has 1 aliphatic heterocycles. The van der Waals surface area contributed by atoms with Crippen molar-refractivity contribution in [3.8, 4) is 0 Å². The van der Waals surface area contributed by atoms with Crippen molar-refractivity contribution in [1.82, 2.24) is 19.7 Å². The molecule has 3 fully saturated rings. The minimum Gasteiger partial charge on any atom is -0.388 e. The largest absolute Gasteiger partial charge is 0.388 e. The van der Waals surface area contributed by atoms with E-state index in [9.17, 15) is 9.90 Å². The van der Waals surface area contributed by atoms with E-state index in [2.05, 4.69) is 37.6 Å². The van der Waals surface area contributed by atoms with Gasteiger partial charge in [-0.15, -0.1) is 0 Å². The summed E-state index contributed by atoms with van der Waals surface area (Å²) in [6.45, 7) is 2.18. The number of carbonyl (C=O) groups excluding carboxylic acids is 1. The molecule has 3 atom stereocenters. The first-order chi connectivity index (χ1) is 19.0. The SMILES string of the molecule is O=C(Nc1cc(NCc2cn3cc(C4CC4)cc(C(O)C4CNC4)c3n2)ccn1)[C@H]1C[C@@H]1c1cccc(Cl)c1. The maximum Gasteiger partial charge on any atom is 0.229 e. The van der Waals surface area contributed by atoms with Gasteiger partial charge in [0, 0.05) is 65.9 Å².